The van der Waals surface area contributed by atoms with Gasteiger partial charge in [-0.15, -0.1) is 6.58 Å². The zero-order valence-electron chi connectivity index (χ0n) is 8.63. The number of rotatable bonds is 4. The number of carboxylic acids is 1. The summed E-state index contributed by atoms with van der Waals surface area (Å²) < 4.78 is 0. The Hall–Kier alpha value is -2.17. The molecule has 0 atom stereocenters. The Morgan fingerprint density at radius 1 is 1.44 bits per heavy atom. The Labute approximate surface area is 92.0 Å². The molecule has 2 rings (SSSR count). The molecule has 1 aromatic carbocycles. The SMILES string of the molecule is C=CCn1nc2ccc(CC(=O)O)cc2n1. The van der Waals surface area contributed by atoms with Gasteiger partial charge in [0.1, 0.15) is 11.0 Å². The third kappa shape index (κ3) is 2.08. The van der Waals surface area contributed by atoms with Gasteiger partial charge in [-0.1, -0.05) is 12.1 Å². The molecule has 0 aliphatic heterocycles. The van der Waals surface area contributed by atoms with E-state index in [1.807, 2.05) is 0 Å². The van der Waals surface area contributed by atoms with Gasteiger partial charge in [0, 0.05) is 0 Å². The van der Waals surface area contributed by atoms with Crippen LogP contribution in [-0.4, -0.2) is 26.1 Å². The minimum atomic E-state index is -0.849. The summed E-state index contributed by atoms with van der Waals surface area (Å²) in [5, 5.41) is 17.1. The number of hydrogen-bond donors (Lipinski definition) is 1. The van der Waals surface area contributed by atoms with Crippen LogP contribution in [0.25, 0.3) is 11.0 Å². The molecular weight excluding hydrogens is 206 g/mol. The molecule has 16 heavy (non-hydrogen) atoms. The van der Waals surface area contributed by atoms with Crippen LogP contribution in [0.4, 0.5) is 0 Å². The zero-order chi connectivity index (χ0) is 11.5. The van der Waals surface area contributed by atoms with Crippen LogP contribution in [-0.2, 0) is 17.8 Å². The van der Waals surface area contributed by atoms with Gasteiger partial charge < -0.3 is 5.11 Å². The lowest BCUT2D eigenvalue weighted by Gasteiger charge is -1.94. The third-order valence-corrected chi connectivity index (χ3v) is 2.13. The summed E-state index contributed by atoms with van der Waals surface area (Å²) in [5.41, 5.74) is 2.20. The molecule has 5 nitrogen and oxygen atoms in total. The van der Waals surface area contributed by atoms with Crippen molar-refractivity contribution < 1.29 is 9.90 Å². The second kappa shape index (κ2) is 4.14. The first-order valence-corrected chi connectivity index (χ1v) is 4.85. The fraction of sp³-hybridized carbons (Fsp3) is 0.182. The molecule has 0 bridgehead atoms. The Morgan fingerprint density at radius 2 is 2.19 bits per heavy atom. The van der Waals surface area contributed by atoms with E-state index in [0.29, 0.717) is 12.1 Å². The number of aliphatic carboxylic acids is 1. The van der Waals surface area contributed by atoms with Crippen molar-refractivity contribution in [1.29, 1.82) is 0 Å². The minimum Gasteiger partial charge on any atom is -0.481 e. The Kier molecular flexibility index (Phi) is 2.68. The summed E-state index contributed by atoms with van der Waals surface area (Å²) in [5.74, 6) is -0.849. The van der Waals surface area contributed by atoms with Crippen molar-refractivity contribution in [3.05, 3.63) is 36.4 Å². The molecular formula is C11H11N3O2. The number of fused-ring (bicyclic) bond motifs is 1. The predicted octanol–water partition coefficient (Wildman–Crippen LogP) is 1.24. The molecule has 0 unspecified atom stereocenters. The number of hydrogen-bond acceptors (Lipinski definition) is 3. The van der Waals surface area contributed by atoms with E-state index in [-0.39, 0.29) is 6.42 Å². The van der Waals surface area contributed by atoms with Crippen LogP contribution in [0.3, 0.4) is 0 Å². The van der Waals surface area contributed by atoms with E-state index in [1.165, 1.54) is 4.80 Å². The van der Waals surface area contributed by atoms with Gasteiger partial charge in [-0.05, 0) is 17.7 Å². The number of aromatic nitrogens is 3. The maximum Gasteiger partial charge on any atom is 0.307 e. The molecule has 0 radical (unpaired) electrons. The van der Waals surface area contributed by atoms with Crippen LogP contribution in [0.2, 0.25) is 0 Å². The molecule has 82 valence electrons. The van der Waals surface area contributed by atoms with Crippen molar-refractivity contribution in [3.63, 3.8) is 0 Å². The van der Waals surface area contributed by atoms with Crippen LogP contribution >= 0.6 is 0 Å². The van der Waals surface area contributed by atoms with E-state index < -0.39 is 5.97 Å². The molecule has 0 aliphatic rings. The van der Waals surface area contributed by atoms with Gasteiger partial charge >= 0.3 is 5.97 Å². The van der Waals surface area contributed by atoms with E-state index in [9.17, 15) is 4.79 Å². The maximum absolute atomic E-state index is 10.6. The lowest BCUT2D eigenvalue weighted by atomic mass is 10.1. The fourth-order valence-corrected chi connectivity index (χ4v) is 1.49. The maximum atomic E-state index is 10.6. The third-order valence-electron chi connectivity index (χ3n) is 2.13. The Bertz CT molecular complexity index is 545. The average Bonchev–Trinajstić information content (AvgIpc) is 2.59. The van der Waals surface area contributed by atoms with Gasteiger partial charge in [-0.2, -0.15) is 15.0 Å². The average molecular weight is 217 g/mol. The summed E-state index contributed by atoms with van der Waals surface area (Å²) in [6.07, 6.45) is 1.71. The van der Waals surface area contributed by atoms with Crippen LogP contribution in [0.15, 0.2) is 30.9 Å². The molecule has 1 N–H and O–H groups in total. The molecule has 0 amide bonds. The quantitative estimate of drug-likeness (QED) is 0.782. The highest BCUT2D eigenvalue weighted by Gasteiger charge is 2.05. The first-order chi connectivity index (χ1) is 7.69. The molecule has 5 heteroatoms. The van der Waals surface area contributed by atoms with Crippen molar-refractivity contribution >= 4 is 17.0 Å². The van der Waals surface area contributed by atoms with E-state index in [2.05, 4.69) is 16.8 Å². The number of allylic oxidation sites excluding steroid dienone is 1. The van der Waals surface area contributed by atoms with Gasteiger partial charge in [-0.3, -0.25) is 4.79 Å². The van der Waals surface area contributed by atoms with Gasteiger partial charge in [-0.25, -0.2) is 0 Å². The molecule has 0 saturated heterocycles. The van der Waals surface area contributed by atoms with Crippen LogP contribution in [0.1, 0.15) is 5.56 Å². The summed E-state index contributed by atoms with van der Waals surface area (Å²) in [6.45, 7) is 4.15. The standard InChI is InChI=1S/C11H11N3O2/c1-2-5-14-12-9-4-3-8(7-11(15)16)6-10(9)13-14/h2-4,6H,1,5,7H2,(H,15,16). The second-order valence-electron chi connectivity index (χ2n) is 3.44. The minimum absolute atomic E-state index is 0.00422. The highest BCUT2D eigenvalue weighted by atomic mass is 16.4. The van der Waals surface area contributed by atoms with Crippen LogP contribution in [0.5, 0.6) is 0 Å². The number of nitrogens with zero attached hydrogens (tertiary/aromatic N) is 3. The Morgan fingerprint density at radius 3 is 2.88 bits per heavy atom. The van der Waals surface area contributed by atoms with Gasteiger partial charge in [0.25, 0.3) is 0 Å². The van der Waals surface area contributed by atoms with E-state index in [1.54, 1.807) is 24.3 Å². The molecule has 0 saturated carbocycles. The predicted molar refractivity (Wildman–Crippen MR) is 59.1 cm³/mol. The normalized spacial score (nSPS) is 10.5. The highest BCUT2D eigenvalue weighted by molar-refractivity contribution is 5.77. The smallest absolute Gasteiger partial charge is 0.307 e. The summed E-state index contributed by atoms with van der Waals surface area (Å²) >= 11 is 0. The van der Waals surface area contributed by atoms with Crippen molar-refractivity contribution in [2.45, 2.75) is 13.0 Å². The van der Waals surface area contributed by atoms with Gasteiger partial charge in [0.15, 0.2) is 0 Å². The molecule has 0 spiro atoms. The summed E-state index contributed by atoms with van der Waals surface area (Å²) in [7, 11) is 0. The highest BCUT2D eigenvalue weighted by Crippen LogP contribution is 2.12. The summed E-state index contributed by atoms with van der Waals surface area (Å²) in [4.78, 5) is 12.1. The number of carbonyl (C=O) groups is 1. The van der Waals surface area contributed by atoms with Crippen molar-refractivity contribution in [3.8, 4) is 0 Å². The van der Waals surface area contributed by atoms with Gasteiger partial charge in [0.05, 0.1) is 13.0 Å². The van der Waals surface area contributed by atoms with Gasteiger partial charge in [0.2, 0.25) is 0 Å². The van der Waals surface area contributed by atoms with Crippen molar-refractivity contribution in [2.75, 3.05) is 0 Å². The van der Waals surface area contributed by atoms with Crippen molar-refractivity contribution in [2.24, 2.45) is 0 Å². The number of benzene rings is 1. The second-order valence-corrected chi connectivity index (χ2v) is 3.44. The number of carboxylic acid groups (broad SMARTS) is 1. The van der Waals surface area contributed by atoms with E-state index in [4.69, 9.17) is 5.11 Å². The summed E-state index contributed by atoms with van der Waals surface area (Å²) in [6, 6.07) is 5.28. The molecule has 0 fully saturated rings. The largest absolute Gasteiger partial charge is 0.481 e. The fourth-order valence-electron chi connectivity index (χ4n) is 1.49. The molecule has 1 aromatic heterocycles. The first kappa shape index (κ1) is 10.4. The Balaban J connectivity index is 2.37. The lowest BCUT2D eigenvalue weighted by molar-refractivity contribution is -0.136. The van der Waals surface area contributed by atoms with E-state index >= 15 is 0 Å². The van der Waals surface area contributed by atoms with Crippen molar-refractivity contribution in [1.82, 2.24) is 15.0 Å². The zero-order valence-corrected chi connectivity index (χ0v) is 8.63. The van der Waals surface area contributed by atoms with Crippen LogP contribution in [0, 0.1) is 0 Å². The monoisotopic (exact) mass is 217 g/mol. The molecule has 1 heterocycles. The van der Waals surface area contributed by atoms with Crippen LogP contribution < -0.4 is 0 Å². The lowest BCUT2D eigenvalue weighted by Crippen LogP contribution is -1.99. The van der Waals surface area contributed by atoms with E-state index in [0.717, 1.165) is 11.1 Å². The molecule has 2 aromatic rings. The topological polar surface area (TPSA) is 68.0 Å². The first-order valence-electron chi connectivity index (χ1n) is 4.85. The molecule has 0 aliphatic carbocycles.